The first-order valence-electron chi connectivity index (χ1n) is 10.3. The van der Waals surface area contributed by atoms with Crippen LogP contribution in [0.2, 0.25) is 0 Å². The molecule has 0 bridgehead atoms. The van der Waals surface area contributed by atoms with E-state index < -0.39 is 6.10 Å². The highest BCUT2D eigenvalue weighted by atomic mass is 35.5. The van der Waals surface area contributed by atoms with Gasteiger partial charge in [-0.25, -0.2) is 0 Å². The molecule has 0 aliphatic rings. The molecule has 0 aliphatic carbocycles. The molecular weight excluding hydrogens is 376 g/mol. The summed E-state index contributed by atoms with van der Waals surface area (Å²) in [4.78, 5) is 0. The van der Waals surface area contributed by atoms with Crippen molar-refractivity contribution in [1.29, 1.82) is 0 Å². The number of hydrogen-bond donors (Lipinski definition) is 1. The van der Waals surface area contributed by atoms with Crippen LogP contribution in [0.25, 0.3) is 10.8 Å². The van der Waals surface area contributed by atoms with Crippen LogP contribution in [0.5, 0.6) is 11.5 Å². The smallest absolute Gasteiger partial charge is 0.127 e. The zero-order valence-corrected chi connectivity index (χ0v) is 17.8. The van der Waals surface area contributed by atoms with Crippen molar-refractivity contribution in [3.05, 3.63) is 36.4 Å². The van der Waals surface area contributed by atoms with Crippen molar-refractivity contribution in [1.82, 2.24) is 0 Å². The fourth-order valence-corrected chi connectivity index (χ4v) is 3.22. The number of ether oxygens (including phenoxy) is 3. The Hall–Kier alpha value is -1.49. The van der Waals surface area contributed by atoms with Gasteiger partial charge < -0.3 is 19.3 Å². The highest BCUT2D eigenvalue weighted by molar-refractivity contribution is 6.18. The number of unbranched alkanes of at least 4 members (excludes halogenated alkanes) is 1. The molecule has 2 rings (SSSR count). The fourth-order valence-electron chi connectivity index (χ4n) is 3.15. The van der Waals surface area contributed by atoms with Crippen LogP contribution in [0.4, 0.5) is 0 Å². The maximum atomic E-state index is 10.2. The molecular formula is C23H33ClO4. The van der Waals surface area contributed by atoms with Gasteiger partial charge in [-0.05, 0) is 24.5 Å². The van der Waals surface area contributed by atoms with E-state index in [1.54, 1.807) is 0 Å². The lowest BCUT2D eigenvalue weighted by atomic mass is 10.0. The third-order valence-electron chi connectivity index (χ3n) is 4.82. The summed E-state index contributed by atoms with van der Waals surface area (Å²) in [6, 6.07) is 11.7. The maximum absolute atomic E-state index is 10.2. The monoisotopic (exact) mass is 408 g/mol. The van der Waals surface area contributed by atoms with Gasteiger partial charge in [0.15, 0.2) is 0 Å². The quantitative estimate of drug-likeness (QED) is 0.423. The Morgan fingerprint density at radius 1 is 0.929 bits per heavy atom. The van der Waals surface area contributed by atoms with E-state index in [1.165, 1.54) is 19.3 Å². The summed E-state index contributed by atoms with van der Waals surface area (Å²) in [5.41, 5.74) is 0. The van der Waals surface area contributed by atoms with Gasteiger partial charge in [0.25, 0.3) is 0 Å². The van der Waals surface area contributed by atoms with Crippen LogP contribution < -0.4 is 9.47 Å². The summed E-state index contributed by atoms with van der Waals surface area (Å²) in [5.74, 6) is 2.51. The molecule has 0 saturated carbocycles. The lowest BCUT2D eigenvalue weighted by molar-refractivity contribution is -0.000852. The third-order valence-corrected chi connectivity index (χ3v) is 4.97. The van der Waals surface area contributed by atoms with Gasteiger partial charge in [0.05, 0.1) is 12.5 Å². The number of aliphatic hydroxyl groups excluding tert-OH is 1. The predicted molar refractivity (Wildman–Crippen MR) is 116 cm³/mol. The van der Waals surface area contributed by atoms with Crippen molar-refractivity contribution in [3.8, 4) is 11.5 Å². The number of hydrogen-bond acceptors (Lipinski definition) is 4. The molecule has 2 aromatic rings. The zero-order chi connectivity index (χ0) is 20.2. The van der Waals surface area contributed by atoms with E-state index in [1.807, 2.05) is 36.4 Å². The van der Waals surface area contributed by atoms with E-state index in [2.05, 4.69) is 13.8 Å². The highest BCUT2D eigenvalue weighted by Gasteiger charge is 2.12. The van der Waals surface area contributed by atoms with E-state index in [0.717, 1.165) is 28.7 Å². The Bertz CT molecular complexity index is 691. The molecule has 4 nitrogen and oxygen atoms in total. The lowest BCUT2D eigenvalue weighted by Crippen LogP contribution is -2.25. The Morgan fingerprint density at radius 2 is 1.61 bits per heavy atom. The minimum atomic E-state index is -0.658. The fraction of sp³-hybridized carbons (Fsp3) is 0.565. The molecule has 0 heterocycles. The molecule has 2 unspecified atom stereocenters. The van der Waals surface area contributed by atoms with E-state index in [0.29, 0.717) is 25.0 Å². The van der Waals surface area contributed by atoms with Crippen LogP contribution in [0.3, 0.4) is 0 Å². The summed E-state index contributed by atoms with van der Waals surface area (Å²) in [6.45, 7) is 6.03. The molecule has 0 spiro atoms. The summed E-state index contributed by atoms with van der Waals surface area (Å²) in [7, 11) is 0. The zero-order valence-electron chi connectivity index (χ0n) is 17.0. The minimum Gasteiger partial charge on any atom is -0.492 e. The van der Waals surface area contributed by atoms with E-state index >= 15 is 0 Å². The Balaban J connectivity index is 1.87. The first-order valence-corrected chi connectivity index (χ1v) is 10.8. The number of benzene rings is 2. The molecule has 2 atom stereocenters. The first kappa shape index (κ1) is 22.8. The average molecular weight is 409 g/mol. The van der Waals surface area contributed by atoms with Gasteiger partial charge in [-0.15, -0.1) is 11.6 Å². The van der Waals surface area contributed by atoms with Crippen molar-refractivity contribution >= 4 is 22.4 Å². The molecule has 156 valence electrons. The van der Waals surface area contributed by atoms with E-state index in [9.17, 15) is 5.11 Å². The largest absolute Gasteiger partial charge is 0.492 e. The molecule has 2 aromatic carbocycles. The van der Waals surface area contributed by atoms with Gasteiger partial charge in [0.1, 0.15) is 30.8 Å². The number of fused-ring (bicyclic) bond motifs is 1. The minimum absolute atomic E-state index is 0.192. The lowest BCUT2D eigenvalue weighted by Gasteiger charge is -2.18. The third kappa shape index (κ3) is 7.16. The molecule has 1 N–H and O–H groups in total. The van der Waals surface area contributed by atoms with Crippen LogP contribution in [-0.4, -0.2) is 43.5 Å². The van der Waals surface area contributed by atoms with Crippen LogP contribution >= 0.6 is 11.6 Å². The van der Waals surface area contributed by atoms with Gasteiger partial charge in [-0.1, -0.05) is 57.4 Å². The van der Waals surface area contributed by atoms with Crippen LogP contribution in [-0.2, 0) is 4.74 Å². The van der Waals surface area contributed by atoms with Crippen LogP contribution in [0, 0.1) is 5.92 Å². The molecule has 0 amide bonds. The normalized spacial score (nSPS) is 13.4. The van der Waals surface area contributed by atoms with Gasteiger partial charge in [-0.3, -0.25) is 0 Å². The molecule has 0 saturated heterocycles. The Morgan fingerprint density at radius 3 is 2.21 bits per heavy atom. The van der Waals surface area contributed by atoms with E-state index in [4.69, 9.17) is 25.8 Å². The van der Waals surface area contributed by atoms with Crippen molar-refractivity contribution in [3.63, 3.8) is 0 Å². The second-order valence-electron chi connectivity index (χ2n) is 7.06. The van der Waals surface area contributed by atoms with Crippen molar-refractivity contribution in [2.75, 3.05) is 32.3 Å². The average Bonchev–Trinajstić information content (AvgIpc) is 2.73. The summed E-state index contributed by atoms with van der Waals surface area (Å²) in [5, 5.41) is 12.1. The molecule has 0 radical (unpaired) electrons. The van der Waals surface area contributed by atoms with Gasteiger partial charge in [0.2, 0.25) is 0 Å². The molecule has 0 fully saturated rings. The predicted octanol–water partition coefficient (Wildman–Crippen LogP) is 5.43. The second kappa shape index (κ2) is 12.9. The standard InChI is InChI=1S/C23H33ClO4/c1-3-5-8-18(4-2)15-26-16-19(25)17-28-23-12-11-22(27-14-13-24)20-9-6-7-10-21(20)23/h6-7,9-12,18-19,25H,3-5,8,13-17H2,1-2H3. The van der Waals surface area contributed by atoms with E-state index in [-0.39, 0.29) is 13.2 Å². The maximum Gasteiger partial charge on any atom is 0.127 e. The molecule has 5 heteroatoms. The molecule has 28 heavy (non-hydrogen) atoms. The van der Waals surface area contributed by atoms with Crippen molar-refractivity contribution in [2.45, 2.75) is 45.6 Å². The topological polar surface area (TPSA) is 47.9 Å². The Labute approximate surface area is 173 Å². The second-order valence-corrected chi connectivity index (χ2v) is 7.44. The summed E-state index contributed by atoms with van der Waals surface area (Å²) >= 11 is 5.72. The summed E-state index contributed by atoms with van der Waals surface area (Å²) < 4.78 is 17.3. The SMILES string of the molecule is CCCCC(CC)COCC(O)COc1ccc(OCCCl)c2ccccc12. The molecule has 0 aromatic heterocycles. The van der Waals surface area contributed by atoms with Gasteiger partial charge >= 0.3 is 0 Å². The van der Waals surface area contributed by atoms with Crippen molar-refractivity contribution in [2.24, 2.45) is 5.92 Å². The Kier molecular flexibility index (Phi) is 10.5. The van der Waals surface area contributed by atoms with Crippen LogP contribution in [0.15, 0.2) is 36.4 Å². The van der Waals surface area contributed by atoms with Crippen molar-refractivity contribution < 1.29 is 19.3 Å². The molecule has 0 aliphatic heterocycles. The number of aliphatic hydroxyl groups is 1. The van der Waals surface area contributed by atoms with Crippen LogP contribution in [0.1, 0.15) is 39.5 Å². The highest BCUT2D eigenvalue weighted by Crippen LogP contribution is 2.33. The van der Waals surface area contributed by atoms with Gasteiger partial charge in [0, 0.05) is 17.4 Å². The number of halogens is 1. The number of rotatable bonds is 14. The first-order chi connectivity index (χ1) is 13.7. The number of alkyl halides is 1. The van der Waals surface area contributed by atoms with Gasteiger partial charge in [-0.2, -0.15) is 0 Å². The summed E-state index contributed by atoms with van der Waals surface area (Å²) in [6.07, 6.45) is 4.07.